The van der Waals surface area contributed by atoms with Crippen LogP contribution < -0.4 is 16.1 Å². The second-order valence-electron chi connectivity index (χ2n) is 8.18. The summed E-state index contributed by atoms with van der Waals surface area (Å²) in [5, 5.41) is 11.3. The minimum absolute atomic E-state index is 0.0227. The molecule has 0 bridgehead atoms. The zero-order valence-corrected chi connectivity index (χ0v) is 16.4. The lowest BCUT2D eigenvalue weighted by atomic mass is 9.92. The number of amides is 1. The number of anilines is 3. The Balaban J connectivity index is 1.83. The number of rotatable bonds is 4. The Morgan fingerprint density at radius 1 is 1.15 bits per heavy atom. The quantitative estimate of drug-likeness (QED) is 0.678. The molecule has 0 atom stereocenters. The van der Waals surface area contributed by atoms with Crippen LogP contribution >= 0.6 is 0 Å². The summed E-state index contributed by atoms with van der Waals surface area (Å²) in [7, 11) is 5.78. The first kappa shape index (κ1) is 19.0. The molecule has 138 valence electrons. The van der Waals surface area contributed by atoms with Gasteiger partial charge in [-0.25, -0.2) is 0 Å². The van der Waals surface area contributed by atoms with E-state index >= 15 is 0 Å². The fraction of sp³-hybridized carbons (Fsp3) is 0.333. The van der Waals surface area contributed by atoms with Gasteiger partial charge < -0.3 is 15.2 Å². The molecule has 1 amide bonds. The molecule has 1 heterocycles. The summed E-state index contributed by atoms with van der Waals surface area (Å²) >= 11 is 0. The van der Waals surface area contributed by atoms with E-state index < -0.39 is 0 Å². The summed E-state index contributed by atoms with van der Waals surface area (Å²) in [4.78, 5) is 12.3. The van der Waals surface area contributed by atoms with Crippen molar-refractivity contribution < 1.29 is 9.32 Å². The van der Waals surface area contributed by atoms with Crippen LogP contribution in [0.5, 0.6) is 0 Å². The van der Waals surface area contributed by atoms with E-state index in [-0.39, 0.29) is 11.3 Å². The fourth-order valence-corrected chi connectivity index (χ4v) is 3.08. The average molecular weight is 361 g/mol. The zero-order chi connectivity index (χ0) is 19.8. The normalized spacial score (nSPS) is 11.6. The SMILES string of the molecule is [B]c1ccc2c(Nc3cc(C)c(NC(=O)CC(C)(C)C)c(C)c3)noc2c1. The molecule has 0 saturated heterocycles. The molecule has 2 radical (unpaired) electrons. The predicted molar refractivity (Wildman–Crippen MR) is 111 cm³/mol. The number of carbonyl (C=O) groups excluding carboxylic acids is 1. The maximum Gasteiger partial charge on any atom is 0.224 e. The lowest BCUT2D eigenvalue weighted by Gasteiger charge is -2.19. The molecule has 0 spiro atoms. The topological polar surface area (TPSA) is 67.2 Å². The van der Waals surface area contributed by atoms with Crippen molar-refractivity contribution in [1.82, 2.24) is 5.16 Å². The second-order valence-corrected chi connectivity index (χ2v) is 8.18. The van der Waals surface area contributed by atoms with Crippen LogP contribution in [0.1, 0.15) is 38.3 Å². The summed E-state index contributed by atoms with van der Waals surface area (Å²) in [6, 6.07) is 9.41. The summed E-state index contributed by atoms with van der Waals surface area (Å²) in [6.07, 6.45) is 0.472. The molecule has 0 saturated carbocycles. The summed E-state index contributed by atoms with van der Waals surface area (Å²) < 4.78 is 5.34. The van der Waals surface area contributed by atoms with Crippen molar-refractivity contribution in [3.63, 3.8) is 0 Å². The Morgan fingerprint density at radius 2 is 1.81 bits per heavy atom. The molecule has 2 aromatic carbocycles. The lowest BCUT2D eigenvalue weighted by molar-refractivity contribution is -0.117. The number of aryl methyl sites for hydroxylation is 2. The van der Waals surface area contributed by atoms with Crippen molar-refractivity contribution in [3.8, 4) is 0 Å². The molecular formula is C21H24BN3O2. The van der Waals surface area contributed by atoms with Crippen molar-refractivity contribution in [2.24, 2.45) is 5.41 Å². The van der Waals surface area contributed by atoms with Crippen LogP contribution in [0.25, 0.3) is 11.0 Å². The smallest absolute Gasteiger partial charge is 0.224 e. The highest BCUT2D eigenvalue weighted by molar-refractivity contribution is 6.33. The summed E-state index contributed by atoms with van der Waals surface area (Å²) in [6.45, 7) is 10.1. The van der Waals surface area contributed by atoms with E-state index in [0.717, 1.165) is 27.9 Å². The largest absolute Gasteiger partial charge is 0.354 e. The monoisotopic (exact) mass is 361 g/mol. The first-order valence-corrected chi connectivity index (χ1v) is 8.95. The van der Waals surface area contributed by atoms with Gasteiger partial charge in [-0.1, -0.05) is 37.5 Å². The van der Waals surface area contributed by atoms with E-state index in [2.05, 4.69) is 36.6 Å². The number of carbonyl (C=O) groups is 1. The maximum atomic E-state index is 12.3. The lowest BCUT2D eigenvalue weighted by Crippen LogP contribution is -2.20. The fourth-order valence-electron chi connectivity index (χ4n) is 3.08. The van der Waals surface area contributed by atoms with Gasteiger partial charge in [0.2, 0.25) is 5.91 Å². The third kappa shape index (κ3) is 4.51. The molecule has 1 aromatic heterocycles. The third-order valence-corrected chi connectivity index (χ3v) is 4.25. The number of aromatic nitrogens is 1. The Labute approximate surface area is 160 Å². The Kier molecular flexibility index (Phi) is 5.00. The Bertz CT molecular complexity index is 979. The van der Waals surface area contributed by atoms with Gasteiger partial charge in [-0.3, -0.25) is 4.79 Å². The van der Waals surface area contributed by atoms with Gasteiger partial charge in [0.05, 0.1) is 5.39 Å². The molecule has 0 fully saturated rings. The van der Waals surface area contributed by atoms with E-state index in [1.165, 1.54) is 0 Å². The highest BCUT2D eigenvalue weighted by atomic mass is 16.5. The van der Waals surface area contributed by atoms with E-state index in [1.54, 1.807) is 6.07 Å². The predicted octanol–water partition coefficient (Wildman–Crippen LogP) is 4.36. The van der Waals surface area contributed by atoms with Crippen LogP contribution in [-0.2, 0) is 4.79 Å². The number of nitrogens with zero attached hydrogens (tertiary/aromatic N) is 1. The first-order chi connectivity index (χ1) is 12.6. The molecule has 0 aliphatic rings. The molecular weight excluding hydrogens is 337 g/mol. The van der Waals surface area contributed by atoms with E-state index in [9.17, 15) is 4.79 Å². The van der Waals surface area contributed by atoms with E-state index in [1.807, 2.05) is 38.1 Å². The molecule has 0 aliphatic carbocycles. The van der Waals surface area contributed by atoms with Crippen LogP contribution in [0.4, 0.5) is 17.2 Å². The minimum Gasteiger partial charge on any atom is -0.354 e. The average Bonchev–Trinajstić information content (AvgIpc) is 2.91. The number of nitrogens with one attached hydrogen (secondary N) is 2. The summed E-state index contributed by atoms with van der Waals surface area (Å²) in [5.41, 5.74) is 4.92. The minimum atomic E-state index is -0.0508. The molecule has 0 unspecified atom stereocenters. The van der Waals surface area contributed by atoms with E-state index in [4.69, 9.17) is 12.4 Å². The van der Waals surface area contributed by atoms with Crippen molar-refractivity contribution in [1.29, 1.82) is 0 Å². The zero-order valence-electron chi connectivity index (χ0n) is 16.4. The number of benzene rings is 2. The van der Waals surface area contributed by atoms with Crippen molar-refractivity contribution in [2.75, 3.05) is 10.6 Å². The van der Waals surface area contributed by atoms with Gasteiger partial charge in [0.15, 0.2) is 11.4 Å². The molecule has 3 aromatic rings. The van der Waals surface area contributed by atoms with Crippen LogP contribution in [0.2, 0.25) is 0 Å². The number of fused-ring (bicyclic) bond motifs is 1. The van der Waals surface area contributed by atoms with Crippen LogP contribution in [0.15, 0.2) is 34.9 Å². The van der Waals surface area contributed by atoms with Crippen molar-refractivity contribution in [3.05, 3.63) is 41.5 Å². The Hall–Kier alpha value is -2.76. The molecule has 0 aliphatic heterocycles. The number of hydrogen-bond acceptors (Lipinski definition) is 4. The van der Waals surface area contributed by atoms with Gasteiger partial charge >= 0.3 is 0 Å². The van der Waals surface area contributed by atoms with Gasteiger partial charge in [0.1, 0.15) is 7.85 Å². The van der Waals surface area contributed by atoms with E-state index in [0.29, 0.717) is 23.3 Å². The van der Waals surface area contributed by atoms with Gasteiger partial charge in [0.25, 0.3) is 0 Å². The highest BCUT2D eigenvalue weighted by Gasteiger charge is 2.18. The second kappa shape index (κ2) is 7.10. The molecule has 3 rings (SSSR count). The molecule has 6 heteroatoms. The van der Waals surface area contributed by atoms with Gasteiger partial charge in [-0.05, 0) is 54.7 Å². The van der Waals surface area contributed by atoms with Crippen LogP contribution in [0, 0.1) is 19.3 Å². The summed E-state index contributed by atoms with van der Waals surface area (Å²) in [5.74, 6) is 0.655. The van der Waals surface area contributed by atoms with Crippen LogP contribution in [-0.4, -0.2) is 18.9 Å². The van der Waals surface area contributed by atoms with Crippen molar-refractivity contribution in [2.45, 2.75) is 41.0 Å². The standard InChI is InChI=1S/C21H24BN3O2/c1-12-8-15(9-13(2)19(12)24-18(26)11-21(3,4)5)23-20-16-7-6-14(22)10-17(16)27-25-20/h6-10H,11H2,1-5H3,(H,23,25)(H,24,26). The third-order valence-electron chi connectivity index (χ3n) is 4.25. The van der Waals surface area contributed by atoms with Gasteiger partial charge in [-0.2, -0.15) is 0 Å². The van der Waals surface area contributed by atoms with Crippen molar-refractivity contribution >= 4 is 47.4 Å². The van der Waals surface area contributed by atoms with Gasteiger partial charge in [0, 0.05) is 17.8 Å². The molecule has 27 heavy (non-hydrogen) atoms. The van der Waals surface area contributed by atoms with Gasteiger partial charge in [-0.15, -0.1) is 0 Å². The number of hydrogen-bond donors (Lipinski definition) is 2. The first-order valence-electron chi connectivity index (χ1n) is 8.95. The molecule has 5 nitrogen and oxygen atoms in total. The Morgan fingerprint density at radius 3 is 2.44 bits per heavy atom. The van der Waals surface area contributed by atoms with Crippen LogP contribution in [0.3, 0.4) is 0 Å². The highest BCUT2D eigenvalue weighted by Crippen LogP contribution is 2.30. The molecule has 2 N–H and O–H groups in total. The maximum absolute atomic E-state index is 12.3.